The van der Waals surface area contributed by atoms with Crippen LogP contribution in [-0.2, 0) is 9.53 Å². The van der Waals surface area contributed by atoms with E-state index in [9.17, 15) is 4.79 Å². The van der Waals surface area contributed by atoms with Crippen LogP contribution in [0.5, 0.6) is 0 Å². The van der Waals surface area contributed by atoms with Crippen LogP contribution in [-0.4, -0.2) is 42.4 Å². The minimum Gasteiger partial charge on any atom is -0.466 e. The molecule has 1 fully saturated rings. The maximum atomic E-state index is 11.6. The number of likely N-dealkylation sites (tertiary alicyclic amines) is 1. The van der Waals surface area contributed by atoms with Crippen molar-refractivity contribution >= 4 is 21.9 Å². The third kappa shape index (κ3) is 4.96. The number of esters is 1. The quantitative estimate of drug-likeness (QED) is 0.558. The topological polar surface area (TPSA) is 29.5 Å². The summed E-state index contributed by atoms with van der Waals surface area (Å²) in [7, 11) is 0. The summed E-state index contributed by atoms with van der Waals surface area (Å²) < 4.78 is 5.08. The molecule has 1 atom stereocenters. The molecule has 1 aliphatic heterocycles. The van der Waals surface area contributed by atoms with E-state index in [1.54, 1.807) is 0 Å². The molecule has 0 aliphatic carbocycles. The smallest absolute Gasteiger partial charge is 0.309 e. The summed E-state index contributed by atoms with van der Waals surface area (Å²) in [4.78, 5) is 14.1. The van der Waals surface area contributed by atoms with Gasteiger partial charge in [0.25, 0.3) is 0 Å². The predicted molar refractivity (Wildman–Crippen MR) is 73.4 cm³/mol. The summed E-state index contributed by atoms with van der Waals surface area (Å²) in [5, 5.41) is 1.07. The molecule has 3 nitrogen and oxygen atoms in total. The molecule has 0 saturated carbocycles. The first-order valence-electron chi connectivity index (χ1n) is 6.66. The van der Waals surface area contributed by atoms with Gasteiger partial charge in [-0.2, -0.15) is 0 Å². The van der Waals surface area contributed by atoms with E-state index in [4.69, 9.17) is 4.74 Å². The molecule has 0 radical (unpaired) electrons. The second-order valence-corrected chi connectivity index (χ2v) is 5.40. The van der Waals surface area contributed by atoms with Gasteiger partial charge in [0, 0.05) is 11.9 Å². The summed E-state index contributed by atoms with van der Waals surface area (Å²) in [6.07, 6.45) is 3.12. The van der Waals surface area contributed by atoms with Crippen molar-refractivity contribution in [1.82, 2.24) is 4.90 Å². The normalized spacial score (nSPS) is 20.2. The summed E-state index contributed by atoms with van der Waals surface area (Å²) in [6, 6.07) is 0. The molecule has 1 rings (SSSR count). The lowest BCUT2D eigenvalue weighted by Crippen LogP contribution is -2.39. The molecule has 0 amide bonds. The number of alkyl halides is 1. The molecule has 0 bridgehead atoms. The average molecular weight is 306 g/mol. The molecule has 1 heterocycles. The highest BCUT2D eigenvalue weighted by atomic mass is 79.9. The molecule has 1 aliphatic rings. The zero-order valence-electron chi connectivity index (χ0n) is 11.0. The van der Waals surface area contributed by atoms with Gasteiger partial charge in [-0.3, -0.25) is 4.79 Å². The minimum absolute atomic E-state index is 0.000293. The second-order valence-electron chi connectivity index (χ2n) is 4.76. The third-order valence-corrected chi connectivity index (χ3v) is 4.44. The van der Waals surface area contributed by atoms with Crippen LogP contribution in [0.1, 0.15) is 33.1 Å². The Morgan fingerprint density at radius 2 is 2.06 bits per heavy atom. The maximum Gasteiger partial charge on any atom is 0.309 e. The molecule has 100 valence electrons. The van der Waals surface area contributed by atoms with E-state index in [0.29, 0.717) is 6.61 Å². The highest BCUT2D eigenvalue weighted by molar-refractivity contribution is 9.09. The molecule has 4 heteroatoms. The molecular weight excluding hydrogens is 282 g/mol. The predicted octanol–water partition coefficient (Wildman–Crippen LogP) is 2.68. The van der Waals surface area contributed by atoms with Gasteiger partial charge in [0.1, 0.15) is 0 Å². The van der Waals surface area contributed by atoms with Crippen molar-refractivity contribution in [3.8, 4) is 0 Å². The van der Waals surface area contributed by atoms with Gasteiger partial charge in [0.2, 0.25) is 0 Å². The Bertz CT molecular complexity index is 223. The van der Waals surface area contributed by atoms with Crippen LogP contribution >= 0.6 is 15.9 Å². The lowest BCUT2D eigenvalue weighted by atomic mass is 9.96. The van der Waals surface area contributed by atoms with Gasteiger partial charge < -0.3 is 9.64 Å². The van der Waals surface area contributed by atoms with Crippen LogP contribution in [0.4, 0.5) is 0 Å². The number of piperidine rings is 1. The Morgan fingerprint density at radius 1 is 1.41 bits per heavy atom. The first-order valence-corrected chi connectivity index (χ1v) is 7.78. The van der Waals surface area contributed by atoms with Crippen LogP contribution < -0.4 is 0 Å². The molecule has 0 aromatic rings. The Hall–Kier alpha value is -0.0900. The summed E-state index contributed by atoms with van der Waals surface area (Å²) >= 11 is 3.56. The van der Waals surface area contributed by atoms with Crippen LogP contribution in [0.15, 0.2) is 0 Å². The maximum absolute atomic E-state index is 11.6. The molecule has 0 aromatic carbocycles. The zero-order chi connectivity index (χ0) is 12.7. The molecule has 1 saturated heterocycles. The van der Waals surface area contributed by atoms with Gasteiger partial charge in [0.15, 0.2) is 0 Å². The third-order valence-electron chi connectivity index (χ3n) is 3.52. The monoisotopic (exact) mass is 305 g/mol. The van der Waals surface area contributed by atoms with Gasteiger partial charge in [-0.25, -0.2) is 0 Å². The van der Waals surface area contributed by atoms with Crippen molar-refractivity contribution < 1.29 is 9.53 Å². The van der Waals surface area contributed by atoms with Crippen LogP contribution in [0.3, 0.4) is 0 Å². The van der Waals surface area contributed by atoms with E-state index in [1.807, 2.05) is 6.92 Å². The van der Waals surface area contributed by atoms with Gasteiger partial charge in [-0.05, 0) is 38.8 Å². The fourth-order valence-corrected chi connectivity index (χ4v) is 2.93. The van der Waals surface area contributed by atoms with Crippen molar-refractivity contribution in [2.24, 2.45) is 11.8 Å². The van der Waals surface area contributed by atoms with E-state index in [0.717, 1.165) is 43.7 Å². The SMILES string of the molecule is CCOC(=O)C1CCN(CC(CC)CBr)CC1. The number of halogens is 1. The van der Waals surface area contributed by atoms with Gasteiger partial charge in [-0.15, -0.1) is 0 Å². The van der Waals surface area contributed by atoms with Crippen molar-refractivity contribution in [3.63, 3.8) is 0 Å². The largest absolute Gasteiger partial charge is 0.466 e. The highest BCUT2D eigenvalue weighted by Crippen LogP contribution is 2.20. The highest BCUT2D eigenvalue weighted by Gasteiger charge is 2.26. The summed E-state index contributed by atoms with van der Waals surface area (Å²) in [5.74, 6) is 0.865. The van der Waals surface area contributed by atoms with Crippen LogP contribution in [0.25, 0.3) is 0 Å². The van der Waals surface area contributed by atoms with Crippen molar-refractivity contribution in [2.45, 2.75) is 33.1 Å². The molecule has 0 spiro atoms. The number of hydrogen-bond acceptors (Lipinski definition) is 3. The standard InChI is InChI=1S/C13H24BrNO2/c1-3-11(9-14)10-15-7-5-12(6-8-15)13(16)17-4-2/h11-12H,3-10H2,1-2H3. The van der Waals surface area contributed by atoms with Crippen LogP contribution in [0, 0.1) is 11.8 Å². The minimum atomic E-state index is -0.000293. The Labute approximate surface area is 113 Å². The first-order chi connectivity index (χ1) is 8.21. The van der Waals surface area contributed by atoms with Gasteiger partial charge in [-0.1, -0.05) is 29.3 Å². The molecule has 1 unspecified atom stereocenters. The van der Waals surface area contributed by atoms with Gasteiger partial charge in [0.05, 0.1) is 12.5 Å². The first kappa shape index (κ1) is 15.0. The Morgan fingerprint density at radius 3 is 2.53 bits per heavy atom. The summed E-state index contributed by atoms with van der Waals surface area (Å²) in [5.41, 5.74) is 0. The fourth-order valence-electron chi connectivity index (χ4n) is 2.26. The van der Waals surface area contributed by atoms with Gasteiger partial charge >= 0.3 is 5.97 Å². The number of hydrogen-bond donors (Lipinski definition) is 0. The number of carbonyl (C=O) groups excluding carboxylic acids is 1. The van der Waals surface area contributed by atoms with E-state index in [2.05, 4.69) is 27.8 Å². The Kier molecular flexibility index (Phi) is 7.12. The summed E-state index contributed by atoms with van der Waals surface area (Å²) in [6.45, 7) is 7.82. The fraction of sp³-hybridized carbons (Fsp3) is 0.923. The lowest BCUT2D eigenvalue weighted by molar-refractivity contribution is -0.149. The molecule has 0 N–H and O–H groups in total. The second kappa shape index (κ2) is 8.09. The van der Waals surface area contributed by atoms with E-state index < -0.39 is 0 Å². The Balaban J connectivity index is 2.28. The molecule has 0 aromatic heterocycles. The zero-order valence-corrected chi connectivity index (χ0v) is 12.5. The number of carbonyl (C=O) groups is 1. The van der Waals surface area contributed by atoms with E-state index in [1.165, 1.54) is 6.42 Å². The molecule has 17 heavy (non-hydrogen) atoms. The van der Waals surface area contributed by atoms with E-state index in [-0.39, 0.29) is 11.9 Å². The number of rotatable bonds is 6. The number of ether oxygens (including phenoxy) is 1. The van der Waals surface area contributed by atoms with Crippen molar-refractivity contribution in [3.05, 3.63) is 0 Å². The lowest BCUT2D eigenvalue weighted by Gasteiger charge is -2.32. The molecular formula is C13H24BrNO2. The average Bonchev–Trinajstić information content (AvgIpc) is 2.37. The van der Waals surface area contributed by atoms with Crippen molar-refractivity contribution in [2.75, 3.05) is 31.6 Å². The van der Waals surface area contributed by atoms with E-state index >= 15 is 0 Å². The van der Waals surface area contributed by atoms with Crippen molar-refractivity contribution in [1.29, 1.82) is 0 Å². The number of nitrogens with zero attached hydrogens (tertiary/aromatic N) is 1. The van der Waals surface area contributed by atoms with Crippen LogP contribution in [0.2, 0.25) is 0 Å².